The van der Waals surface area contributed by atoms with Gasteiger partial charge in [0.25, 0.3) is 0 Å². The standard InChI is InChI=1S/C24H21ClF3N3O4S/c25-18-4-8-20(9-5-18)35-21-10-6-19(7-11-21)31-22(15-30(23(31)32)12-13-36(29,33)34)16-2-1-3-17(14-16)24(26,27)28/h1-11,14,22H,12-13,15H2,(H2,29,33,34). The van der Waals surface area contributed by atoms with Gasteiger partial charge in [-0.2, -0.15) is 13.2 Å². The van der Waals surface area contributed by atoms with Gasteiger partial charge in [0.05, 0.1) is 17.4 Å². The zero-order chi connectivity index (χ0) is 26.1. The van der Waals surface area contributed by atoms with Crippen LogP contribution in [0.2, 0.25) is 5.02 Å². The third-order valence-electron chi connectivity index (χ3n) is 5.59. The van der Waals surface area contributed by atoms with Crippen LogP contribution < -0.4 is 14.8 Å². The third-order valence-corrected chi connectivity index (χ3v) is 6.59. The Morgan fingerprint density at radius 1 is 1.00 bits per heavy atom. The molecule has 1 atom stereocenters. The molecule has 4 rings (SSSR count). The number of urea groups is 1. The number of halogens is 4. The Hall–Kier alpha value is -3.28. The predicted molar refractivity (Wildman–Crippen MR) is 130 cm³/mol. The molecule has 7 nitrogen and oxygen atoms in total. The summed E-state index contributed by atoms with van der Waals surface area (Å²) in [5.41, 5.74) is -0.177. The molecule has 1 aliphatic heterocycles. The average Bonchev–Trinajstić information content (AvgIpc) is 3.15. The van der Waals surface area contributed by atoms with Crippen LogP contribution in [0, 0.1) is 0 Å². The lowest BCUT2D eigenvalue weighted by Gasteiger charge is -2.24. The summed E-state index contributed by atoms with van der Waals surface area (Å²) in [5, 5.41) is 5.63. The van der Waals surface area contributed by atoms with Gasteiger partial charge in [0, 0.05) is 23.8 Å². The van der Waals surface area contributed by atoms with Gasteiger partial charge in [0.2, 0.25) is 10.0 Å². The average molecular weight is 540 g/mol. The van der Waals surface area contributed by atoms with Crippen LogP contribution in [0.1, 0.15) is 17.2 Å². The molecule has 0 spiro atoms. The number of rotatable bonds is 7. The number of primary sulfonamides is 1. The van der Waals surface area contributed by atoms with Crippen molar-refractivity contribution in [2.75, 3.05) is 23.7 Å². The lowest BCUT2D eigenvalue weighted by atomic mass is 10.0. The Morgan fingerprint density at radius 2 is 1.61 bits per heavy atom. The predicted octanol–water partition coefficient (Wildman–Crippen LogP) is 5.42. The second-order valence-corrected chi connectivity index (χ2v) is 10.3. The summed E-state index contributed by atoms with van der Waals surface area (Å²) < 4.78 is 68.6. The molecule has 1 unspecified atom stereocenters. The van der Waals surface area contributed by atoms with Gasteiger partial charge in [0.1, 0.15) is 11.5 Å². The maximum atomic E-state index is 13.3. The largest absolute Gasteiger partial charge is 0.457 e. The number of sulfonamides is 1. The quantitative estimate of drug-likeness (QED) is 0.434. The molecule has 0 saturated carbocycles. The minimum atomic E-state index is -4.56. The molecule has 12 heteroatoms. The minimum Gasteiger partial charge on any atom is -0.457 e. The van der Waals surface area contributed by atoms with E-state index in [-0.39, 0.29) is 18.7 Å². The van der Waals surface area contributed by atoms with Crippen LogP contribution in [0.5, 0.6) is 11.5 Å². The number of alkyl halides is 3. The number of benzene rings is 3. The summed E-state index contributed by atoms with van der Waals surface area (Å²) in [5.74, 6) is 0.533. The number of anilines is 1. The van der Waals surface area contributed by atoms with Crippen LogP contribution in [0.3, 0.4) is 0 Å². The van der Waals surface area contributed by atoms with E-state index >= 15 is 0 Å². The number of hydrogen-bond acceptors (Lipinski definition) is 4. The molecule has 1 heterocycles. The highest BCUT2D eigenvalue weighted by Crippen LogP contribution is 2.38. The highest BCUT2D eigenvalue weighted by Gasteiger charge is 2.40. The van der Waals surface area contributed by atoms with Gasteiger partial charge < -0.3 is 9.64 Å². The summed E-state index contributed by atoms with van der Waals surface area (Å²) in [6.45, 7) is -0.208. The van der Waals surface area contributed by atoms with Crippen molar-refractivity contribution in [2.24, 2.45) is 5.14 Å². The van der Waals surface area contributed by atoms with Gasteiger partial charge in [-0.15, -0.1) is 0 Å². The first-order chi connectivity index (χ1) is 16.9. The number of carbonyl (C=O) groups excluding carboxylic acids is 1. The summed E-state index contributed by atoms with van der Waals surface area (Å²) in [6.07, 6.45) is -4.56. The molecule has 2 amide bonds. The lowest BCUT2D eigenvalue weighted by Crippen LogP contribution is -2.36. The van der Waals surface area contributed by atoms with E-state index < -0.39 is 39.6 Å². The first-order valence-corrected chi connectivity index (χ1v) is 12.8. The summed E-state index contributed by atoms with van der Waals surface area (Å²) in [4.78, 5) is 15.8. The van der Waals surface area contributed by atoms with E-state index in [9.17, 15) is 26.4 Å². The normalized spacial score (nSPS) is 16.5. The molecule has 1 saturated heterocycles. The molecule has 3 aromatic carbocycles. The van der Waals surface area contributed by atoms with E-state index in [2.05, 4.69) is 0 Å². The lowest BCUT2D eigenvalue weighted by molar-refractivity contribution is -0.137. The Morgan fingerprint density at radius 3 is 2.19 bits per heavy atom. The van der Waals surface area contributed by atoms with Crippen molar-refractivity contribution in [3.63, 3.8) is 0 Å². The molecular weight excluding hydrogens is 519 g/mol. The fourth-order valence-electron chi connectivity index (χ4n) is 3.86. The smallest absolute Gasteiger partial charge is 0.416 e. The third kappa shape index (κ3) is 6.10. The Kier molecular flexibility index (Phi) is 7.17. The molecular formula is C24H21ClF3N3O4S. The van der Waals surface area contributed by atoms with E-state index in [1.165, 1.54) is 21.9 Å². The van der Waals surface area contributed by atoms with Gasteiger partial charge in [-0.3, -0.25) is 4.90 Å². The maximum Gasteiger partial charge on any atom is 0.416 e. The Labute approximate surface area is 210 Å². The first kappa shape index (κ1) is 25.8. The molecule has 0 radical (unpaired) electrons. The maximum absolute atomic E-state index is 13.3. The SMILES string of the molecule is NS(=O)(=O)CCN1CC(c2cccc(C(F)(F)F)c2)N(c2ccc(Oc3ccc(Cl)cc3)cc2)C1=O. The van der Waals surface area contributed by atoms with Crippen molar-refractivity contribution in [3.05, 3.63) is 88.9 Å². The van der Waals surface area contributed by atoms with E-state index in [1.807, 2.05) is 0 Å². The van der Waals surface area contributed by atoms with Crippen molar-refractivity contribution < 1.29 is 31.1 Å². The van der Waals surface area contributed by atoms with E-state index in [0.29, 0.717) is 22.2 Å². The van der Waals surface area contributed by atoms with Gasteiger partial charge in [-0.25, -0.2) is 18.4 Å². The van der Waals surface area contributed by atoms with Gasteiger partial charge in [0.15, 0.2) is 0 Å². The van der Waals surface area contributed by atoms with Crippen molar-refractivity contribution in [3.8, 4) is 11.5 Å². The van der Waals surface area contributed by atoms with E-state index in [4.69, 9.17) is 21.5 Å². The molecule has 1 fully saturated rings. The van der Waals surface area contributed by atoms with Crippen molar-refractivity contribution >= 4 is 33.3 Å². The van der Waals surface area contributed by atoms with Crippen molar-refractivity contribution in [1.29, 1.82) is 0 Å². The van der Waals surface area contributed by atoms with E-state index in [0.717, 1.165) is 12.1 Å². The van der Waals surface area contributed by atoms with Crippen LogP contribution in [0.4, 0.5) is 23.7 Å². The summed E-state index contributed by atoms with van der Waals surface area (Å²) >= 11 is 5.88. The molecule has 3 aromatic rings. The topological polar surface area (TPSA) is 92.9 Å². The Bertz CT molecular complexity index is 1350. The number of nitrogens with zero attached hydrogens (tertiary/aromatic N) is 2. The molecule has 36 heavy (non-hydrogen) atoms. The second-order valence-electron chi connectivity index (χ2n) is 8.15. The van der Waals surface area contributed by atoms with Crippen molar-refractivity contribution in [2.45, 2.75) is 12.2 Å². The highest BCUT2D eigenvalue weighted by atomic mass is 35.5. The Balaban J connectivity index is 1.64. The fourth-order valence-corrected chi connectivity index (χ4v) is 4.46. The van der Waals surface area contributed by atoms with Gasteiger partial charge in [-0.05, 0) is 66.2 Å². The minimum absolute atomic E-state index is 0.0152. The monoisotopic (exact) mass is 539 g/mol. The molecule has 2 N–H and O–H groups in total. The highest BCUT2D eigenvalue weighted by molar-refractivity contribution is 7.89. The van der Waals surface area contributed by atoms with Crippen LogP contribution in [-0.4, -0.2) is 38.2 Å². The number of nitrogens with two attached hydrogens (primary N) is 1. The van der Waals surface area contributed by atoms with Gasteiger partial charge in [-0.1, -0.05) is 23.7 Å². The number of ether oxygens (including phenoxy) is 1. The fraction of sp³-hybridized carbons (Fsp3) is 0.208. The zero-order valence-corrected chi connectivity index (χ0v) is 20.2. The van der Waals surface area contributed by atoms with Crippen LogP contribution >= 0.6 is 11.6 Å². The molecule has 1 aliphatic rings. The first-order valence-electron chi connectivity index (χ1n) is 10.7. The van der Waals surface area contributed by atoms with Crippen LogP contribution in [0.25, 0.3) is 0 Å². The van der Waals surface area contributed by atoms with Gasteiger partial charge >= 0.3 is 12.2 Å². The zero-order valence-electron chi connectivity index (χ0n) is 18.7. The molecule has 0 bridgehead atoms. The molecule has 190 valence electrons. The van der Waals surface area contributed by atoms with Crippen LogP contribution in [-0.2, 0) is 16.2 Å². The summed E-state index contributed by atoms with van der Waals surface area (Å²) in [7, 11) is -3.85. The number of amides is 2. The second kappa shape index (κ2) is 10.00. The number of hydrogen-bond donors (Lipinski definition) is 1. The summed E-state index contributed by atoms with van der Waals surface area (Å²) in [6, 6.07) is 16.5. The molecule has 0 aliphatic carbocycles. The van der Waals surface area contributed by atoms with Crippen molar-refractivity contribution in [1.82, 2.24) is 4.90 Å². The van der Waals surface area contributed by atoms with E-state index in [1.54, 1.807) is 48.5 Å². The molecule has 0 aromatic heterocycles. The van der Waals surface area contributed by atoms with Crippen LogP contribution in [0.15, 0.2) is 72.8 Å². The number of carbonyl (C=O) groups is 1.